The Morgan fingerprint density at radius 3 is 2.56 bits per heavy atom. The Morgan fingerprint density at radius 1 is 1.67 bits per heavy atom. The van der Waals surface area contributed by atoms with Gasteiger partial charge in [0.15, 0.2) is 0 Å². The minimum absolute atomic E-state index is 0.418. The molecule has 0 aliphatic heterocycles. The molecule has 2 nitrogen and oxygen atoms in total. The van der Waals surface area contributed by atoms with E-state index in [0.29, 0.717) is 6.10 Å². The predicted octanol–water partition coefficient (Wildman–Crippen LogP) is -0.376. The first-order chi connectivity index (χ1) is 4.20. The molecule has 0 saturated carbocycles. The summed E-state index contributed by atoms with van der Waals surface area (Å²) in [5, 5.41) is 0. The molecule has 0 aromatic heterocycles. The third-order valence-corrected chi connectivity index (χ3v) is 2.32. The van der Waals surface area contributed by atoms with Crippen molar-refractivity contribution < 1.29 is 4.43 Å². The average molecular weight is 147 g/mol. The van der Waals surface area contributed by atoms with Crippen LogP contribution >= 0.6 is 0 Å². The third kappa shape index (κ3) is 4.63. The molecule has 0 saturated heterocycles. The Hall–Kier alpha value is 0.137. The third-order valence-electron chi connectivity index (χ3n) is 1.51. The van der Waals surface area contributed by atoms with Gasteiger partial charge in [0, 0.05) is 6.54 Å². The molecule has 0 aliphatic rings. The molecular weight excluding hydrogens is 130 g/mol. The Balaban J connectivity index is 3.22. The van der Waals surface area contributed by atoms with Crippen molar-refractivity contribution in [1.82, 2.24) is 4.90 Å². The number of rotatable bonds is 4. The van der Waals surface area contributed by atoms with E-state index in [9.17, 15) is 0 Å². The summed E-state index contributed by atoms with van der Waals surface area (Å²) in [5.41, 5.74) is 0. The van der Waals surface area contributed by atoms with Gasteiger partial charge in [0.05, 0.1) is 6.10 Å². The number of hydrogen-bond donors (Lipinski definition) is 0. The highest BCUT2D eigenvalue weighted by Crippen LogP contribution is 1.89. The van der Waals surface area contributed by atoms with Gasteiger partial charge in [0.1, 0.15) is 10.5 Å². The van der Waals surface area contributed by atoms with Gasteiger partial charge in [0.25, 0.3) is 0 Å². The van der Waals surface area contributed by atoms with E-state index in [4.69, 9.17) is 4.43 Å². The smallest absolute Gasteiger partial charge is 0.146 e. The summed E-state index contributed by atoms with van der Waals surface area (Å²) in [5.74, 6) is 0. The first kappa shape index (κ1) is 9.14. The summed E-state index contributed by atoms with van der Waals surface area (Å²) >= 11 is 0. The van der Waals surface area contributed by atoms with Crippen LogP contribution in [0.4, 0.5) is 0 Å². The van der Waals surface area contributed by atoms with Gasteiger partial charge in [-0.05, 0) is 20.5 Å². The lowest BCUT2D eigenvalue weighted by atomic mass is 10.4. The second-order valence-electron chi connectivity index (χ2n) is 2.40. The second kappa shape index (κ2) is 4.96. The van der Waals surface area contributed by atoms with Crippen molar-refractivity contribution in [2.75, 3.05) is 20.1 Å². The van der Waals surface area contributed by atoms with Gasteiger partial charge in [-0.3, -0.25) is 0 Å². The molecule has 0 N–H and O–H groups in total. The molecule has 0 amide bonds. The molecular formula is C6H17NOSi. The predicted molar refractivity (Wildman–Crippen MR) is 43.7 cm³/mol. The zero-order valence-corrected chi connectivity index (χ0v) is 8.85. The van der Waals surface area contributed by atoms with Crippen molar-refractivity contribution in [2.24, 2.45) is 0 Å². The lowest BCUT2D eigenvalue weighted by Crippen LogP contribution is -2.28. The van der Waals surface area contributed by atoms with Gasteiger partial charge in [-0.2, -0.15) is 0 Å². The first-order valence-electron chi connectivity index (χ1n) is 3.42. The lowest BCUT2D eigenvalue weighted by molar-refractivity contribution is 0.179. The van der Waals surface area contributed by atoms with E-state index < -0.39 is 0 Å². The fourth-order valence-electron chi connectivity index (χ4n) is 0.643. The SMILES string of the molecule is CCN(C)CC(C)O[SiH3]. The van der Waals surface area contributed by atoms with Crippen LogP contribution in [0, 0.1) is 0 Å². The minimum atomic E-state index is 0.418. The second-order valence-corrected chi connectivity index (χ2v) is 2.87. The van der Waals surface area contributed by atoms with E-state index in [-0.39, 0.29) is 0 Å². The summed E-state index contributed by atoms with van der Waals surface area (Å²) in [6, 6.07) is 0. The van der Waals surface area contributed by atoms with Crippen molar-refractivity contribution in [3.05, 3.63) is 0 Å². The van der Waals surface area contributed by atoms with Crippen LogP contribution in [0.3, 0.4) is 0 Å². The van der Waals surface area contributed by atoms with Crippen LogP contribution in [-0.2, 0) is 4.43 Å². The molecule has 56 valence electrons. The van der Waals surface area contributed by atoms with E-state index in [1.807, 2.05) is 0 Å². The van der Waals surface area contributed by atoms with Gasteiger partial charge >= 0.3 is 0 Å². The molecule has 1 unspecified atom stereocenters. The van der Waals surface area contributed by atoms with Gasteiger partial charge in [-0.25, -0.2) is 0 Å². The maximum atomic E-state index is 5.22. The van der Waals surface area contributed by atoms with Crippen LogP contribution in [-0.4, -0.2) is 41.6 Å². The van der Waals surface area contributed by atoms with Crippen molar-refractivity contribution in [1.29, 1.82) is 0 Å². The molecule has 0 aromatic carbocycles. The Labute approximate surface area is 60.7 Å². The zero-order chi connectivity index (χ0) is 7.28. The van der Waals surface area contributed by atoms with Crippen LogP contribution < -0.4 is 0 Å². The van der Waals surface area contributed by atoms with Gasteiger partial charge in [-0.1, -0.05) is 6.92 Å². The van der Waals surface area contributed by atoms with Crippen LogP contribution in [0.1, 0.15) is 13.8 Å². The van der Waals surface area contributed by atoms with E-state index in [1.54, 1.807) is 0 Å². The molecule has 9 heavy (non-hydrogen) atoms. The molecule has 3 heteroatoms. The quantitative estimate of drug-likeness (QED) is 0.503. The Kier molecular flexibility index (Phi) is 5.04. The normalized spacial score (nSPS) is 14.7. The highest BCUT2D eigenvalue weighted by molar-refractivity contribution is 5.98. The summed E-state index contributed by atoms with van der Waals surface area (Å²) in [6.45, 7) is 6.42. The highest BCUT2D eigenvalue weighted by Gasteiger charge is 2.00. The fraction of sp³-hybridized carbons (Fsp3) is 1.00. The Morgan fingerprint density at radius 2 is 2.22 bits per heavy atom. The molecule has 0 radical (unpaired) electrons. The molecule has 1 atom stereocenters. The molecule has 0 bridgehead atoms. The highest BCUT2D eigenvalue weighted by atomic mass is 28.2. The van der Waals surface area contributed by atoms with Crippen molar-refractivity contribution in [3.8, 4) is 0 Å². The van der Waals surface area contributed by atoms with E-state index in [0.717, 1.165) is 23.6 Å². The molecule has 0 spiro atoms. The average Bonchev–Trinajstić information content (AvgIpc) is 1.87. The monoisotopic (exact) mass is 147 g/mol. The van der Waals surface area contributed by atoms with E-state index in [1.165, 1.54) is 0 Å². The standard InChI is InChI=1S/C6H17NOSi/c1-4-7(3)5-6(2)8-9/h6H,4-5H2,1-3,9H3. The molecule has 0 rings (SSSR count). The number of likely N-dealkylation sites (N-methyl/N-ethyl adjacent to an activating group) is 1. The van der Waals surface area contributed by atoms with Crippen LogP contribution in [0.25, 0.3) is 0 Å². The van der Waals surface area contributed by atoms with E-state index >= 15 is 0 Å². The zero-order valence-electron chi connectivity index (χ0n) is 6.85. The summed E-state index contributed by atoms with van der Waals surface area (Å²) < 4.78 is 5.22. The topological polar surface area (TPSA) is 12.5 Å². The lowest BCUT2D eigenvalue weighted by Gasteiger charge is -2.18. The first-order valence-corrected chi connectivity index (χ1v) is 4.23. The fourth-order valence-corrected chi connectivity index (χ4v) is 0.792. The Bertz CT molecular complexity index is 62.1. The van der Waals surface area contributed by atoms with E-state index in [2.05, 4.69) is 25.8 Å². The van der Waals surface area contributed by atoms with Gasteiger partial charge < -0.3 is 9.33 Å². The largest absolute Gasteiger partial charge is 0.424 e. The van der Waals surface area contributed by atoms with Crippen LogP contribution in [0.2, 0.25) is 0 Å². The van der Waals surface area contributed by atoms with Crippen molar-refractivity contribution in [2.45, 2.75) is 20.0 Å². The molecule has 0 aliphatic carbocycles. The number of nitrogens with zero attached hydrogens (tertiary/aromatic N) is 1. The number of hydrogen-bond acceptors (Lipinski definition) is 2. The maximum absolute atomic E-state index is 5.22. The molecule has 0 heterocycles. The summed E-state index contributed by atoms with van der Waals surface area (Å²) in [7, 11) is 2.96. The van der Waals surface area contributed by atoms with Gasteiger partial charge in [-0.15, -0.1) is 0 Å². The van der Waals surface area contributed by atoms with Crippen molar-refractivity contribution >= 4 is 10.5 Å². The van der Waals surface area contributed by atoms with Crippen LogP contribution in [0.5, 0.6) is 0 Å². The summed E-state index contributed by atoms with van der Waals surface area (Å²) in [6.07, 6.45) is 0.418. The van der Waals surface area contributed by atoms with Gasteiger partial charge in [0.2, 0.25) is 0 Å². The molecule has 0 aromatic rings. The van der Waals surface area contributed by atoms with Crippen LogP contribution in [0.15, 0.2) is 0 Å². The van der Waals surface area contributed by atoms with Crippen molar-refractivity contribution in [3.63, 3.8) is 0 Å². The minimum Gasteiger partial charge on any atom is -0.424 e. The molecule has 0 fully saturated rings. The summed E-state index contributed by atoms with van der Waals surface area (Å²) in [4.78, 5) is 2.25. The maximum Gasteiger partial charge on any atom is 0.146 e.